The second-order valence-electron chi connectivity index (χ2n) is 6.72. The Kier molecular flexibility index (Phi) is 5.57. The van der Waals surface area contributed by atoms with Crippen molar-refractivity contribution >= 4 is 22.4 Å². The number of methoxy groups -OCH3 is 1. The fourth-order valence-electron chi connectivity index (χ4n) is 3.84. The molecule has 0 spiro atoms. The summed E-state index contributed by atoms with van der Waals surface area (Å²) < 4.78 is 35.1. The van der Waals surface area contributed by atoms with Gasteiger partial charge in [0.15, 0.2) is 0 Å². The molecule has 0 radical (unpaired) electrons. The van der Waals surface area contributed by atoms with E-state index in [1.54, 1.807) is 7.11 Å². The molecule has 7 nitrogen and oxygen atoms in total. The number of nitrogens with one attached hydrogen (secondary N) is 2. The van der Waals surface area contributed by atoms with E-state index < -0.39 is 10.0 Å². The number of piperidine rings is 1. The maximum atomic E-state index is 12.7. The van der Waals surface area contributed by atoms with Crippen LogP contribution < -0.4 is 14.8 Å². The van der Waals surface area contributed by atoms with Crippen molar-refractivity contribution in [2.45, 2.75) is 48.7 Å². The molecular weight excluding hydrogens is 376 g/mol. The molecule has 2 atom stereocenters. The van der Waals surface area contributed by atoms with Crippen molar-refractivity contribution in [3.63, 3.8) is 0 Å². The molecule has 0 amide bonds. The normalized spacial score (nSPS) is 24.9. The molecule has 26 heavy (non-hydrogen) atoms. The third kappa shape index (κ3) is 3.73. The van der Waals surface area contributed by atoms with Gasteiger partial charge >= 0.3 is 0 Å². The summed E-state index contributed by atoms with van der Waals surface area (Å²) in [6.07, 6.45) is 6.86. The minimum absolute atomic E-state index is 0. The molecule has 0 saturated carbocycles. The monoisotopic (exact) mass is 398 g/mol. The summed E-state index contributed by atoms with van der Waals surface area (Å²) in [6, 6.07) is 8.21. The maximum Gasteiger partial charge on any atom is 0.243 e. The molecule has 0 aliphatic carbocycles. The predicted molar refractivity (Wildman–Crippen MR) is 101 cm³/mol. The predicted octanol–water partition coefficient (Wildman–Crippen LogP) is 1.86. The SMILES string of the molecule is COc1ccccc1-n1cc(S(=O)(=O)NC2CC3CCC(C2)N3)cn1.Cl. The molecule has 3 heterocycles. The van der Waals surface area contributed by atoms with Crippen molar-refractivity contribution in [3.05, 3.63) is 36.7 Å². The first-order valence-corrected chi connectivity index (χ1v) is 10.00. The molecular formula is C17H23ClN4O3S. The van der Waals surface area contributed by atoms with E-state index in [0.717, 1.165) is 25.7 Å². The molecule has 142 valence electrons. The lowest BCUT2D eigenvalue weighted by molar-refractivity contribution is 0.345. The van der Waals surface area contributed by atoms with Crippen LogP contribution in [0.3, 0.4) is 0 Å². The third-order valence-electron chi connectivity index (χ3n) is 5.00. The van der Waals surface area contributed by atoms with Gasteiger partial charge in [0, 0.05) is 18.1 Å². The van der Waals surface area contributed by atoms with Gasteiger partial charge in [0.25, 0.3) is 0 Å². The Bertz CT molecular complexity index is 858. The highest BCUT2D eigenvalue weighted by Crippen LogP contribution is 2.28. The van der Waals surface area contributed by atoms with Gasteiger partial charge in [-0.25, -0.2) is 17.8 Å². The van der Waals surface area contributed by atoms with Crippen molar-refractivity contribution in [1.29, 1.82) is 0 Å². The number of nitrogens with zero attached hydrogens (tertiary/aromatic N) is 2. The Morgan fingerprint density at radius 2 is 1.92 bits per heavy atom. The fraction of sp³-hybridized carbons (Fsp3) is 0.471. The molecule has 4 rings (SSSR count). The van der Waals surface area contributed by atoms with E-state index in [-0.39, 0.29) is 23.3 Å². The molecule has 2 bridgehead atoms. The van der Waals surface area contributed by atoms with Gasteiger partial charge in [-0.15, -0.1) is 12.4 Å². The van der Waals surface area contributed by atoms with Gasteiger partial charge in [0.1, 0.15) is 16.3 Å². The third-order valence-corrected chi connectivity index (χ3v) is 6.47. The van der Waals surface area contributed by atoms with Crippen LogP contribution in [0.25, 0.3) is 5.69 Å². The lowest BCUT2D eigenvalue weighted by atomic mass is 10.0. The highest BCUT2D eigenvalue weighted by Gasteiger charge is 2.35. The molecule has 1 aromatic carbocycles. The van der Waals surface area contributed by atoms with Crippen molar-refractivity contribution in [2.75, 3.05) is 7.11 Å². The van der Waals surface area contributed by atoms with Crippen LogP contribution in [0, 0.1) is 0 Å². The van der Waals surface area contributed by atoms with Crippen LogP contribution in [0.5, 0.6) is 5.75 Å². The number of halogens is 1. The number of para-hydroxylation sites is 2. The molecule has 2 aliphatic rings. The van der Waals surface area contributed by atoms with Gasteiger partial charge in [-0.3, -0.25) is 0 Å². The topological polar surface area (TPSA) is 85.2 Å². The second kappa shape index (κ2) is 7.56. The minimum Gasteiger partial charge on any atom is -0.494 e. The van der Waals surface area contributed by atoms with Crippen LogP contribution >= 0.6 is 12.4 Å². The number of aromatic nitrogens is 2. The Hall–Kier alpha value is -1.61. The molecule has 1 aromatic heterocycles. The van der Waals surface area contributed by atoms with Crippen LogP contribution in [0.15, 0.2) is 41.6 Å². The lowest BCUT2D eigenvalue weighted by Crippen LogP contribution is -2.47. The minimum atomic E-state index is -3.59. The molecule has 2 saturated heterocycles. The summed E-state index contributed by atoms with van der Waals surface area (Å²) in [5, 5.41) is 7.72. The Morgan fingerprint density at radius 3 is 2.62 bits per heavy atom. The highest BCUT2D eigenvalue weighted by atomic mass is 35.5. The summed E-state index contributed by atoms with van der Waals surface area (Å²) in [5.74, 6) is 0.637. The van der Waals surface area contributed by atoms with E-state index >= 15 is 0 Å². The van der Waals surface area contributed by atoms with Crippen molar-refractivity contribution in [2.24, 2.45) is 0 Å². The van der Waals surface area contributed by atoms with E-state index in [9.17, 15) is 8.42 Å². The highest BCUT2D eigenvalue weighted by molar-refractivity contribution is 7.89. The summed E-state index contributed by atoms with van der Waals surface area (Å²) >= 11 is 0. The quantitative estimate of drug-likeness (QED) is 0.803. The first-order chi connectivity index (χ1) is 12.0. The van der Waals surface area contributed by atoms with E-state index in [1.165, 1.54) is 17.1 Å². The number of fused-ring (bicyclic) bond motifs is 2. The Morgan fingerprint density at radius 1 is 1.23 bits per heavy atom. The van der Waals surface area contributed by atoms with E-state index in [1.807, 2.05) is 24.3 Å². The largest absolute Gasteiger partial charge is 0.494 e. The average molecular weight is 399 g/mol. The summed E-state index contributed by atoms with van der Waals surface area (Å²) in [5.41, 5.74) is 0.700. The Labute approximate surface area is 159 Å². The van der Waals surface area contributed by atoms with Crippen molar-refractivity contribution in [1.82, 2.24) is 19.8 Å². The van der Waals surface area contributed by atoms with Gasteiger partial charge in [0.05, 0.1) is 19.5 Å². The zero-order chi connectivity index (χ0) is 17.4. The molecule has 2 unspecified atom stereocenters. The molecule has 9 heteroatoms. The second-order valence-corrected chi connectivity index (χ2v) is 8.43. The maximum absolute atomic E-state index is 12.7. The van der Waals surface area contributed by atoms with Crippen LogP contribution in [0.4, 0.5) is 0 Å². The molecule has 2 aromatic rings. The zero-order valence-electron chi connectivity index (χ0n) is 14.5. The molecule has 2 fully saturated rings. The van der Waals surface area contributed by atoms with Crippen LogP contribution in [-0.4, -0.2) is 43.4 Å². The number of rotatable bonds is 5. The van der Waals surface area contributed by atoms with Gasteiger partial charge in [0.2, 0.25) is 10.0 Å². The first kappa shape index (κ1) is 19.2. The van der Waals surface area contributed by atoms with Crippen LogP contribution in [0.1, 0.15) is 25.7 Å². The van der Waals surface area contributed by atoms with Crippen molar-refractivity contribution in [3.8, 4) is 11.4 Å². The van der Waals surface area contributed by atoms with Gasteiger partial charge in [-0.05, 0) is 37.8 Å². The molecule has 2 aliphatic heterocycles. The van der Waals surface area contributed by atoms with E-state index in [2.05, 4.69) is 15.1 Å². The number of ether oxygens (including phenoxy) is 1. The van der Waals surface area contributed by atoms with Gasteiger partial charge in [-0.2, -0.15) is 5.10 Å². The summed E-state index contributed by atoms with van der Waals surface area (Å²) in [7, 11) is -2.01. The number of hydrogen-bond acceptors (Lipinski definition) is 5. The number of benzene rings is 1. The van der Waals surface area contributed by atoms with Gasteiger partial charge < -0.3 is 10.1 Å². The van der Waals surface area contributed by atoms with E-state index in [0.29, 0.717) is 23.5 Å². The zero-order valence-corrected chi connectivity index (χ0v) is 16.1. The van der Waals surface area contributed by atoms with Crippen LogP contribution in [0.2, 0.25) is 0 Å². The summed E-state index contributed by atoms with van der Waals surface area (Å²) in [4.78, 5) is 0.171. The standard InChI is InChI=1S/C17H22N4O3S.ClH/c1-24-17-5-3-2-4-16(17)21-11-15(10-18-21)25(22,23)20-14-8-12-6-7-13(9-14)19-12;/h2-5,10-14,19-20H,6-9H2,1H3;1H. The number of hydrogen-bond donors (Lipinski definition) is 2. The summed E-state index contributed by atoms with van der Waals surface area (Å²) in [6.45, 7) is 0. The van der Waals surface area contributed by atoms with Gasteiger partial charge in [-0.1, -0.05) is 12.1 Å². The molecule has 2 N–H and O–H groups in total. The lowest BCUT2D eigenvalue weighted by Gasteiger charge is -2.29. The number of sulfonamides is 1. The average Bonchev–Trinajstić information content (AvgIpc) is 3.22. The fourth-order valence-corrected chi connectivity index (χ4v) is 5.03. The van der Waals surface area contributed by atoms with E-state index in [4.69, 9.17) is 4.74 Å². The smallest absolute Gasteiger partial charge is 0.243 e. The van der Waals surface area contributed by atoms with Crippen LogP contribution in [-0.2, 0) is 10.0 Å². The first-order valence-electron chi connectivity index (χ1n) is 8.51. The Balaban J connectivity index is 0.00000196. The van der Waals surface area contributed by atoms with Crippen molar-refractivity contribution < 1.29 is 13.2 Å².